The van der Waals surface area contributed by atoms with E-state index in [4.69, 9.17) is 0 Å². The van der Waals surface area contributed by atoms with Gasteiger partial charge < -0.3 is 10.6 Å². The average molecular weight is 340 g/mol. The van der Waals surface area contributed by atoms with Crippen molar-refractivity contribution in [2.75, 3.05) is 13.1 Å². The third-order valence-electron chi connectivity index (χ3n) is 4.02. The highest BCUT2D eigenvalue weighted by Gasteiger charge is 2.25. The number of carbonyl (C=O) groups excluding carboxylic acids is 2. The number of aromatic nitrogens is 2. The van der Waals surface area contributed by atoms with Gasteiger partial charge in [-0.2, -0.15) is 0 Å². The summed E-state index contributed by atoms with van der Waals surface area (Å²) in [5.74, 6) is -0.165. The van der Waals surface area contributed by atoms with Gasteiger partial charge in [-0.25, -0.2) is 4.98 Å². The van der Waals surface area contributed by atoms with Crippen LogP contribution in [0.2, 0.25) is 0 Å². The molecule has 0 radical (unpaired) electrons. The van der Waals surface area contributed by atoms with Crippen molar-refractivity contribution >= 4 is 11.8 Å². The van der Waals surface area contributed by atoms with Crippen LogP contribution in [0, 0.1) is 0 Å². The van der Waals surface area contributed by atoms with Crippen LogP contribution in [0.5, 0.6) is 0 Å². The van der Waals surface area contributed by atoms with Gasteiger partial charge >= 0.3 is 0 Å². The normalized spacial score (nSPS) is 13.3. The lowest BCUT2D eigenvalue weighted by atomic mass is 10.2. The Morgan fingerprint density at radius 2 is 1.92 bits per heavy atom. The molecule has 130 valence electrons. The summed E-state index contributed by atoms with van der Waals surface area (Å²) in [6.45, 7) is 0.529. The van der Waals surface area contributed by atoms with Crippen molar-refractivity contribution in [2.45, 2.75) is 25.3 Å². The summed E-state index contributed by atoms with van der Waals surface area (Å²) in [5, 5.41) is 5.23. The SMILES string of the molecule is O=C(CNC(=O)c1ccccc1)NCCn1cnc(C2CC2)cc1=O. The zero-order valence-corrected chi connectivity index (χ0v) is 13.8. The summed E-state index contributed by atoms with van der Waals surface area (Å²) in [4.78, 5) is 39.9. The van der Waals surface area contributed by atoms with Crippen LogP contribution in [0.1, 0.15) is 34.8 Å². The smallest absolute Gasteiger partial charge is 0.253 e. The molecule has 25 heavy (non-hydrogen) atoms. The molecule has 2 aromatic rings. The Morgan fingerprint density at radius 3 is 2.60 bits per heavy atom. The van der Waals surface area contributed by atoms with Crippen LogP contribution in [0.25, 0.3) is 0 Å². The van der Waals surface area contributed by atoms with E-state index in [2.05, 4.69) is 15.6 Å². The fourth-order valence-corrected chi connectivity index (χ4v) is 2.44. The average Bonchev–Trinajstić information content (AvgIpc) is 3.47. The zero-order chi connectivity index (χ0) is 17.6. The number of nitrogens with one attached hydrogen (secondary N) is 2. The molecule has 1 fully saturated rings. The van der Waals surface area contributed by atoms with Gasteiger partial charge in [-0.15, -0.1) is 0 Å². The number of amides is 2. The highest BCUT2D eigenvalue weighted by molar-refractivity contribution is 5.96. The third-order valence-corrected chi connectivity index (χ3v) is 4.02. The van der Waals surface area contributed by atoms with Crippen molar-refractivity contribution in [3.63, 3.8) is 0 Å². The predicted octanol–water partition coefficient (Wildman–Crippen LogP) is 0.667. The summed E-state index contributed by atoms with van der Waals surface area (Å²) < 4.78 is 1.47. The standard InChI is InChI=1S/C18H20N4O3/c23-16(11-20-18(25)14-4-2-1-3-5-14)19-8-9-22-12-21-15(10-17(22)24)13-6-7-13/h1-5,10,12-13H,6-9,11H2,(H,19,23)(H,20,25). The van der Waals surface area contributed by atoms with Crippen LogP contribution in [0.15, 0.2) is 47.5 Å². The van der Waals surface area contributed by atoms with E-state index >= 15 is 0 Å². The van der Waals surface area contributed by atoms with Crippen LogP contribution in [-0.4, -0.2) is 34.5 Å². The van der Waals surface area contributed by atoms with Crippen LogP contribution in [-0.2, 0) is 11.3 Å². The second-order valence-electron chi connectivity index (χ2n) is 6.02. The topological polar surface area (TPSA) is 93.1 Å². The van der Waals surface area contributed by atoms with Crippen LogP contribution in [0.3, 0.4) is 0 Å². The molecule has 2 amide bonds. The molecule has 7 nitrogen and oxygen atoms in total. The summed E-state index contributed by atoms with van der Waals surface area (Å²) in [7, 11) is 0. The van der Waals surface area contributed by atoms with E-state index in [1.54, 1.807) is 30.3 Å². The summed E-state index contributed by atoms with van der Waals surface area (Å²) in [6, 6.07) is 10.3. The first-order valence-corrected chi connectivity index (χ1v) is 8.30. The highest BCUT2D eigenvalue weighted by Crippen LogP contribution is 2.38. The Balaban J connectivity index is 1.40. The molecular formula is C18H20N4O3. The summed E-state index contributed by atoms with van der Waals surface area (Å²) in [5.41, 5.74) is 1.25. The molecule has 1 heterocycles. The molecular weight excluding hydrogens is 320 g/mol. The minimum Gasteiger partial charge on any atom is -0.353 e. The second kappa shape index (κ2) is 7.74. The number of carbonyl (C=O) groups is 2. The Hall–Kier alpha value is -2.96. The first kappa shape index (κ1) is 16.9. The lowest BCUT2D eigenvalue weighted by molar-refractivity contribution is -0.120. The molecule has 0 unspecified atom stereocenters. The van der Waals surface area contributed by atoms with Crippen LogP contribution in [0.4, 0.5) is 0 Å². The number of hydrogen-bond acceptors (Lipinski definition) is 4. The Morgan fingerprint density at radius 1 is 1.16 bits per heavy atom. The van der Waals surface area contributed by atoms with Gasteiger partial charge in [0.2, 0.25) is 5.91 Å². The molecule has 0 saturated heterocycles. The number of benzene rings is 1. The van der Waals surface area contributed by atoms with Crippen LogP contribution < -0.4 is 16.2 Å². The van der Waals surface area contributed by atoms with Gasteiger partial charge in [0.25, 0.3) is 11.5 Å². The van der Waals surface area contributed by atoms with E-state index in [1.165, 1.54) is 10.9 Å². The first-order chi connectivity index (χ1) is 12.1. The van der Waals surface area contributed by atoms with E-state index in [9.17, 15) is 14.4 Å². The molecule has 1 aliphatic carbocycles. The summed E-state index contributed by atoms with van der Waals surface area (Å²) in [6.07, 6.45) is 3.72. The third kappa shape index (κ3) is 4.76. The largest absolute Gasteiger partial charge is 0.353 e. The molecule has 1 aromatic heterocycles. The molecule has 1 aromatic carbocycles. The van der Waals surface area contributed by atoms with Crippen molar-refractivity contribution < 1.29 is 9.59 Å². The number of nitrogens with zero attached hydrogens (tertiary/aromatic N) is 2. The quantitative estimate of drug-likeness (QED) is 0.775. The lowest BCUT2D eigenvalue weighted by Gasteiger charge is -2.09. The molecule has 0 aliphatic heterocycles. The van der Waals surface area contributed by atoms with Gasteiger partial charge in [0.05, 0.1) is 18.6 Å². The molecule has 1 saturated carbocycles. The fraction of sp³-hybridized carbons (Fsp3) is 0.333. The van der Waals surface area contributed by atoms with Gasteiger partial charge in [0, 0.05) is 30.6 Å². The van der Waals surface area contributed by atoms with Crippen molar-refractivity contribution in [1.29, 1.82) is 0 Å². The first-order valence-electron chi connectivity index (χ1n) is 8.30. The van der Waals surface area contributed by atoms with Crippen LogP contribution >= 0.6 is 0 Å². The lowest BCUT2D eigenvalue weighted by Crippen LogP contribution is -2.38. The molecule has 0 spiro atoms. The molecule has 1 aliphatic rings. The van der Waals surface area contributed by atoms with E-state index in [1.807, 2.05) is 6.07 Å². The predicted molar refractivity (Wildman–Crippen MR) is 92.3 cm³/mol. The van der Waals surface area contributed by atoms with Gasteiger partial charge in [0.15, 0.2) is 0 Å². The second-order valence-corrected chi connectivity index (χ2v) is 6.02. The molecule has 3 rings (SSSR count). The fourth-order valence-electron chi connectivity index (χ4n) is 2.44. The molecule has 2 N–H and O–H groups in total. The monoisotopic (exact) mass is 340 g/mol. The maximum Gasteiger partial charge on any atom is 0.253 e. The van der Waals surface area contributed by atoms with Gasteiger partial charge in [-0.1, -0.05) is 18.2 Å². The summed E-state index contributed by atoms with van der Waals surface area (Å²) >= 11 is 0. The zero-order valence-electron chi connectivity index (χ0n) is 13.8. The van der Waals surface area contributed by atoms with Gasteiger partial charge in [-0.05, 0) is 25.0 Å². The minimum atomic E-state index is -0.306. The van der Waals surface area contributed by atoms with Crippen molar-refractivity contribution in [3.8, 4) is 0 Å². The highest BCUT2D eigenvalue weighted by atomic mass is 16.2. The van der Waals surface area contributed by atoms with Crippen molar-refractivity contribution in [2.24, 2.45) is 0 Å². The van der Waals surface area contributed by atoms with Gasteiger partial charge in [0.1, 0.15) is 0 Å². The molecule has 0 bridgehead atoms. The van der Waals surface area contributed by atoms with E-state index in [-0.39, 0.29) is 23.9 Å². The van der Waals surface area contributed by atoms with E-state index < -0.39 is 0 Å². The van der Waals surface area contributed by atoms with Crippen molar-refractivity contribution in [3.05, 3.63) is 64.3 Å². The Bertz CT molecular complexity index is 813. The Labute approximate surface area is 145 Å². The van der Waals surface area contributed by atoms with Gasteiger partial charge in [-0.3, -0.25) is 19.0 Å². The van der Waals surface area contributed by atoms with E-state index in [0.717, 1.165) is 18.5 Å². The molecule has 0 atom stereocenters. The minimum absolute atomic E-state index is 0.108. The Kier molecular flexibility index (Phi) is 5.23. The maximum absolute atomic E-state index is 12.0. The number of hydrogen-bond donors (Lipinski definition) is 2. The maximum atomic E-state index is 12.0. The number of rotatable bonds is 7. The molecule has 7 heteroatoms. The van der Waals surface area contributed by atoms with E-state index in [0.29, 0.717) is 24.6 Å². The van der Waals surface area contributed by atoms with Crippen molar-refractivity contribution in [1.82, 2.24) is 20.2 Å².